The molecule has 7 nitrogen and oxygen atoms in total. The third-order valence-corrected chi connectivity index (χ3v) is 5.90. The second-order valence-corrected chi connectivity index (χ2v) is 7.79. The monoisotopic (exact) mass is 347 g/mol. The third-order valence-electron chi connectivity index (χ3n) is 5.90. The molecular weight excluding hydrogens is 318 g/mol. The van der Waals surface area contributed by atoms with Crippen LogP contribution in [0, 0.1) is 6.92 Å². The first kappa shape index (κ1) is 17.0. The number of H-pyrrole nitrogens is 1. The SMILES string of the molecule is CO[C@@H]1C[C@@H](c2n[nH]c(C)n2)N(CC(=O)N(C2CCCC2)C2CC2)C1. The highest BCUT2D eigenvalue weighted by atomic mass is 16.5. The fourth-order valence-electron chi connectivity index (χ4n) is 4.48. The van der Waals surface area contributed by atoms with Crippen LogP contribution < -0.4 is 0 Å². The summed E-state index contributed by atoms with van der Waals surface area (Å²) in [7, 11) is 1.74. The second-order valence-electron chi connectivity index (χ2n) is 7.79. The first-order valence-corrected chi connectivity index (χ1v) is 9.62. The Morgan fingerprint density at radius 2 is 2.00 bits per heavy atom. The number of likely N-dealkylation sites (tertiary alicyclic amines) is 1. The van der Waals surface area contributed by atoms with Gasteiger partial charge in [0.15, 0.2) is 5.82 Å². The molecule has 2 aliphatic carbocycles. The van der Waals surface area contributed by atoms with Crippen molar-refractivity contribution < 1.29 is 9.53 Å². The van der Waals surface area contributed by atoms with E-state index in [1.54, 1.807) is 7.11 Å². The van der Waals surface area contributed by atoms with Crippen LogP contribution in [0.1, 0.15) is 62.6 Å². The predicted molar refractivity (Wildman–Crippen MR) is 93.0 cm³/mol. The van der Waals surface area contributed by atoms with E-state index in [0.29, 0.717) is 18.6 Å². The molecular formula is C18H29N5O2. The van der Waals surface area contributed by atoms with Gasteiger partial charge in [-0.15, -0.1) is 0 Å². The van der Waals surface area contributed by atoms with Gasteiger partial charge in [-0.2, -0.15) is 5.10 Å². The van der Waals surface area contributed by atoms with Crippen molar-refractivity contribution >= 4 is 5.91 Å². The van der Waals surface area contributed by atoms with Crippen LogP contribution in [0.15, 0.2) is 0 Å². The van der Waals surface area contributed by atoms with Crippen molar-refractivity contribution in [3.63, 3.8) is 0 Å². The van der Waals surface area contributed by atoms with Gasteiger partial charge >= 0.3 is 0 Å². The van der Waals surface area contributed by atoms with Crippen LogP contribution in [0.2, 0.25) is 0 Å². The van der Waals surface area contributed by atoms with Gasteiger partial charge in [0, 0.05) is 25.7 Å². The molecule has 0 unspecified atom stereocenters. The molecule has 0 bridgehead atoms. The molecule has 2 atom stereocenters. The molecule has 0 spiro atoms. The van der Waals surface area contributed by atoms with Gasteiger partial charge in [0.05, 0.1) is 18.7 Å². The largest absolute Gasteiger partial charge is 0.380 e. The highest BCUT2D eigenvalue weighted by Crippen LogP contribution is 2.36. The number of aryl methyl sites for hydroxylation is 1. The van der Waals surface area contributed by atoms with Gasteiger partial charge in [0.1, 0.15) is 5.82 Å². The normalized spacial score (nSPS) is 27.9. The molecule has 2 heterocycles. The van der Waals surface area contributed by atoms with E-state index in [0.717, 1.165) is 24.6 Å². The number of methoxy groups -OCH3 is 1. The zero-order valence-electron chi connectivity index (χ0n) is 15.3. The zero-order chi connectivity index (χ0) is 17.4. The van der Waals surface area contributed by atoms with E-state index in [1.165, 1.54) is 38.5 Å². The minimum Gasteiger partial charge on any atom is -0.380 e. The predicted octanol–water partition coefficient (Wildman–Crippen LogP) is 1.81. The molecule has 2 saturated carbocycles. The minimum atomic E-state index is 0.0588. The number of aromatic nitrogens is 3. The number of hydrogen-bond donors (Lipinski definition) is 1. The number of carbonyl (C=O) groups excluding carboxylic acids is 1. The number of aromatic amines is 1. The lowest BCUT2D eigenvalue weighted by Gasteiger charge is -2.32. The zero-order valence-corrected chi connectivity index (χ0v) is 15.3. The van der Waals surface area contributed by atoms with Crippen LogP contribution in [0.25, 0.3) is 0 Å². The Labute approximate surface area is 149 Å². The van der Waals surface area contributed by atoms with Crippen molar-refractivity contribution in [3.05, 3.63) is 11.6 Å². The Morgan fingerprint density at radius 3 is 2.60 bits per heavy atom. The molecule has 1 N–H and O–H groups in total. The number of ether oxygens (including phenoxy) is 1. The fourth-order valence-corrected chi connectivity index (χ4v) is 4.48. The summed E-state index contributed by atoms with van der Waals surface area (Å²) in [6.45, 7) is 3.12. The van der Waals surface area contributed by atoms with Crippen LogP contribution in [0.5, 0.6) is 0 Å². The number of carbonyl (C=O) groups is 1. The van der Waals surface area contributed by atoms with Crippen molar-refractivity contribution in [1.29, 1.82) is 0 Å². The summed E-state index contributed by atoms with van der Waals surface area (Å²) >= 11 is 0. The van der Waals surface area contributed by atoms with Crippen LogP contribution in [-0.4, -0.2) is 69.3 Å². The van der Waals surface area contributed by atoms with Crippen molar-refractivity contribution in [3.8, 4) is 0 Å². The van der Waals surface area contributed by atoms with Gasteiger partial charge < -0.3 is 9.64 Å². The Hall–Kier alpha value is -1.47. The quantitative estimate of drug-likeness (QED) is 0.849. The van der Waals surface area contributed by atoms with Crippen LogP contribution >= 0.6 is 0 Å². The van der Waals surface area contributed by atoms with E-state index in [2.05, 4.69) is 25.0 Å². The summed E-state index contributed by atoms with van der Waals surface area (Å²) in [5, 5.41) is 7.26. The fraction of sp³-hybridized carbons (Fsp3) is 0.833. The lowest BCUT2D eigenvalue weighted by molar-refractivity contribution is -0.135. The molecule has 3 aliphatic rings. The Bertz CT molecular complexity index is 608. The molecule has 0 aromatic carbocycles. The minimum absolute atomic E-state index is 0.0588. The lowest BCUT2D eigenvalue weighted by atomic mass is 10.1. The van der Waals surface area contributed by atoms with Crippen molar-refractivity contribution in [2.24, 2.45) is 0 Å². The molecule has 1 amide bonds. The number of rotatable bonds is 6. The molecule has 1 saturated heterocycles. The van der Waals surface area contributed by atoms with Gasteiger partial charge in [-0.3, -0.25) is 14.8 Å². The van der Waals surface area contributed by atoms with Crippen LogP contribution in [0.3, 0.4) is 0 Å². The number of nitrogens with one attached hydrogen (secondary N) is 1. The summed E-state index contributed by atoms with van der Waals surface area (Å²) in [5.74, 6) is 1.87. The van der Waals surface area contributed by atoms with Crippen molar-refractivity contribution in [2.75, 3.05) is 20.2 Å². The molecule has 0 radical (unpaired) electrons. The van der Waals surface area contributed by atoms with E-state index in [4.69, 9.17) is 4.74 Å². The molecule has 1 aliphatic heterocycles. The van der Waals surface area contributed by atoms with E-state index in [9.17, 15) is 4.79 Å². The van der Waals surface area contributed by atoms with E-state index < -0.39 is 0 Å². The van der Waals surface area contributed by atoms with Gasteiger partial charge in [0.2, 0.25) is 5.91 Å². The van der Waals surface area contributed by atoms with Crippen molar-refractivity contribution in [1.82, 2.24) is 25.0 Å². The van der Waals surface area contributed by atoms with E-state index >= 15 is 0 Å². The number of amides is 1. The number of nitrogens with zero attached hydrogens (tertiary/aromatic N) is 4. The molecule has 4 rings (SSSR count). The highest BCUT2D eigenvalue weighted by molar-refractivity contribution is 5.79. The molecule has 7 heteroatoms. The smallest absolute Gasteiger partial charge is 0.237 e. The maximum absolute atomic E-state index is 13.1. The lowest BCUT2D eigenvalue weighted by Crippen LogP contribution is -2.46. The first-order chi connectivity index (χ1) is 12.2. The Morgan fingerprint density at radius 1 is 1.28 bits per heavy atom. The molecule has 3 fully saturated rings. The summed E-state index contributed by atoms with van der Waals surface area (Å²) in [5.41, 5.74) is 0. The summed E-state index contributed by atoms with van der Waals surface area (Å²) in [4.78, 5) is 22.1. The second kappa shape index (κ2) is 7.03. The first-order valence-electron chi connectivity index (χ1n) is 9.62. The summed E-state index contributed by atoms with van der Waals surface area (Å²) in [6, 6.07) is 1.01. The molecule has 1 aromatic rings. The van der Waals surface area contributed by atoms with Gasteiger partial charge in [-0.25, -0.2) is 4.98 Å². The number of hydrogen-bond acceptors (Lipinski definition) is 5. The van der Waals surface area contributed by atoms with Crippen molar-refractivity contribution in [2.45, 2.75) is 76.1 Å². The Kier molecular flexibility index (Phi) is 4.78. The average molecular weight is 347 g/mol. The maximum atomic E-state index is 13.1. The standard InChI is InChI=1S/C18H29N5O2/c1-12-19-18(21-20-12)16-9-15(25-2)10-22(16)11-17(24)23(14-7-8-14)13-5-3-4-6-13/h13-16H,3-11H2,1-2H3,(H,19,20,21)/t15-,16+/m1/s1. The van der Waals surface area contributed by atoms with E-state index in [-0.39, 0.29) is 18.1 Å². The molecule has 138 valence electrons. The van der Waals surface area contributed by atoms with Crippen LogP contribution in [-0.2, 0) is 9.53 Å². The van der Waals surface area contributed by atoms with E-state index in [1.807, 2.05) is 6.92 Å². The topological polar surface area (TPSA) is 74.3 Å². The summed E-state index contributed by atoms with van der Waals surface area (Å²) in [6.07, 6.45) is 8.19. The Balaban J connectivity index is 1.47. The third kappa shape index (κ3) is 3.58. The highest BCUT2D eigenvalue weighted by Gasteiger charge is 2.41. The average Bonchev–Trinajstić information content (AvgIpc) is 3.00. The summed E-state index contributed by atoms with van der Waals surface area (Å²) < 4.78 is 5.57. The molecule has 1 aromatic heterocycles. The van der Waals surface area contributed by atoms with Gasteiger partial charge in [-0.05, 0) is 39.0 Å². The van der Waals surface area contributed by atoms with Crippen LogP contribution in [0.4, 0.5) is 0 Å². The maximum Gasteiger partial charge on any atom is 0.237 e. The molecule has 25 heavy (non-hydrogen) atoms. The van der Waals surface area contributed by atoms with Gasteiger partial charge in [0.25, 0.3) is 0 Å². The van der Waals surface area contributed by atoms with Gasteiger partial charge in [-0.1, -0.05) is 12.8 Å².